The van der Waals surface area contributed by atoms with Gasteiger partial charge in [-0.3, -0.25) is 4.90 Å². The van der Waals surface area contributed by atoms with Crippen molar-refractivity contribution in [2.45, 2.75) is 6.54 Å². The Bertz CT molecular complexity index is 371. The predicted molar refractivity (Wildman–Crippen MR) is 71.4 cm³/mol. The van der Waals surface area contributed by atoms with Crippen LogP contribution < -0.4 is 14.2 Å². The summed E-state index contributed by atoms with van der Waals surface area (Å²) < 4.78 is 15.9. The summed E-state index contributed by atoms with van der Waals surface area (Å²) in [6.45, 7) is 0.773. The first-order valence-corrected chi connectivity index (χ1v) is 6.31. The molecule has 17 heavy (non-hydrogen) atoms. The number of hydrogen-bond acceptors (Lipinski definition) is 4. The van der Waals surface area contributed by atoms with Gasteiger partial charge in [0.1, 0.15) is 5.75 Å². The summed E-state index contributed by atoms with van der Waals surface area (Å²) in [5.41, 5.74) is 1.86. The zero-order chi connectivity index (χ0) is 12.8. The van der Waals surface area contributed by atoms with Crippen LogP contribution in [0.2, 0.25) is 0 Å². The van der Waals surface area contributed by atoms with E-state index in [0.717, 1.165) is 23.3 Å². The minimum Gasteiger partial charge on any atom is -0.496 e. The number of hydrogen-bond donors (Lipinski definition) is 0. The molecule has 0 saturated heterocycles. The summed E-state index contributed by atoms with van der Waals surface area (Å²) in [7, 11) is 6.91. The van der Waals surface area contributed by atoms with E-state index in [-0.39, 0.29) is 0 Å². The standard InChI is InChI=1S/C12H18BrNO3/c1-14(8-13)7-9-5-11(16-3)12(17-4)6-10(9)15-2/h5-6H,7-8H2,1-4H3. The molecule has 0 aliphatic carbocycles. The van der Waals surface area contributed by atoms with E-state index in [0.29, 0.717) is 11.5 Å². The van der Waals surface area contributed by atoms with Gasteiger partial charge in [-0.05, 0) is 13.1 Å². The van der Waals surface area contributed by atoms with Crippen LogP contribution in [0.3, 0.4) is 0 Å². The molecule has 1 aromatic carbocycles. The second-order valence-electron chi connectivity index (χ2n) is 3.65. The average molecular weight is 304 g/mol. The Morgan fingerprint density at radius 3 is 2.00 bits per heavy atom. The van der Waals surface area contributed by atoms with Crippen molar-refractivity contribution in [3.8, 4) is 17.2 Å². The molecular weight excluding hydrogens is 286 g/mol. The molecule has 1 aromatic rings. The molecule has 0 N–H and O–H groups in total. The van der Waals surface area contributed by atoms with Gasteiger partial charge in [0.2, 0.25) is 0 Å². The third-order valence-electron chi connectivity index (χ3n) is 2.43. The third kappa shape index (κ3) is 3.51. The molecule has 0 aliphatic heterocycles. The monoisotopic (exact) mass is 303 g/mol. The van der Waals surface area contributed by atoms with Gasteiger partial charge in [0.25, 0.3) is 0 Å². The van der Waals surface area contributed by atoms with Crippen LogP contribution in [0.4, 0.5) is 0 Å². The number of benzene rings is 1. The van der Waals surface area contributed by atoms with Crippen molar-refractivity contribution in [3.05, 3.63) is 17.7 Å². The van der Waals surface area contributed by atoms with Gasteiger partial charge in [0.05, 0.1) is 26.8 Å². The highest BCUT2D eigenvalue weighted by Gasteiger charge is 2.12. The zero-order valence-electron chi connectivity index (χ0n) is 10.6. The molecular formula is C12H18BrNO3. The van der Waals surface area contributed by atoms with E-state index >= 15 is 0 Å². The number of rotatable bonds is 6. The van der Waals surface area contributed by atoms with Crippen molar-refractivity contribution >= 4 is 15.9 Å². The van der Waals surface area contributed by atoms with Gasteiger partial charge in [-0.1, -0.05) is 15.9 Å². The fourth-order valence-corrected chi connectivity index (χ4v) is 1.73. The van der Waals surface area contributed by atoms with Crippen LogP contribution in [0.5, 0.6) is 17.2 Å². The molecule has 0 amide bonds. The van der Waals surface area contributed by atoms with E-state index in [4.69, 9.17) is 14.2 Å². The topological polar surface area (TPSA) is 30.9 Å². The molecule has 0 unspecified atom stereocenters. The first kappa shape index (κ1) is 14.1. The molecule has 0 fully saturated rings. The van der Waals surface area contributed by atoms with E-state index in [1.807, 2.05) is 19.2 Å². The molecule has 0 aromatic heterocycles. The molecule has 1 rings (SSSR count). The first-order valence-electron chi connectivity index (χ1n) is 5.19. The highest BCUT2D eigenvalue weighted by molar-refractivity contribution is 9.09. The van der Waals surface area contributed by atoms with Crippen molar-refractivity contribution in [2.75, 3.05) is 33.8 Å². The molecule has 4 nitrogen and oxygen atoms in total. The maximum atomic E-state index is 5.36. The minimum absolute atomic E-state index is 0.676. The molecule has 0 saturated carbocycles. The molecule has 0 spiro atoms. The smallest absolute Gasteiger partial charge is 0.164 e. The van der Waals surface area contributed by atoms with Gasteiger partial charge in [0.15, 0.2) is 11.5 Å². The van der Waals surface area contributed by atoms with Crippen LogP contribution in [0.25, 0.3) is 0 Å². The van der Waals surface area contributed by atoms with Crippen LogP contribution in [0.1, 0.15) is 5.56 Å². The van der Waals surface area contributed by atoms with Crippen LogP contribution in [-0.4, -0.2) is 38.7 Å². The Morgan fingerprint density at radius 1 is 1.00 bits per heavy atom. The van der Waals surface area contributed by atoms with Crippen molar-refractivity contribution in [1.82, 2.24) is 4.90 Å². The molecule has 96 valence electrons. The first-order chi connectivity index (χ1) is 8.15. The van der Waals surface area contributed by atoms with Gasteiger partial charge in [-0.25, -0.2) is 0 Å². The van der Waals surface area contributed by atoms with Crippen LogP contribution >= 0.6 is 15.9 Å². The summed E-state index contributed by atoms with van der Waals surface area (Å²) in [6, 6.07) is 3.78. The van der Waals surface area contributed by atoms with Crippen LogP contribution in [0.15, 0.2) is 12.1 Å². The fourth-order valence-electron chi connectivity index (χ4n) is 1.55. The molecule has 0 heterocycles. The second kappa shape index (κ2) is 6.71. The summed E-state index contributed by atoms with van der Waals surface area (Å²) >= 11 is 3.41. The van der Waals surface area contributed by atoms with Crippen molar-refractivity contribution in [1.29, 1.82) is 0 Å². The third-order valence-corrected chi connectivity index (χ3v) is 3.29. The van der Waals surface area contributed by atoms with Gasteiger partial charge >= 0.3 is 0 Å². The number of halogens is 1. The van der Waals surface area contributed by atoms with E-state index < -0.39 is 0 Å². The number of methoxy groups -OCH3 is 3. The quantitative estimate of drug-likeness (QED) is 0.597. The summed E-state index contributed by atoms with van der Waals surface area (Å²) in [5.74, 6) is 2.19. The lowest BCUT2D eigenvalue weighted by molar-refractivity contribution is 0.338. The summed E-state index contributed by atoms with van der Waals surface area (Å²) in [5, 5.41) is 0. The van der Waals surface area contributed by atoms with E-state index in [2.05, 4.69) is 20.8 Å². The minimum atomic E-state index is 0.676. The number of ether oxygens (including phenoxy) is 3. The van der Waals surface area contributed by atoms with E-state index in [1.54, 1.807) is 21.3 Å². The molecule has 0 bridgehead atoms. The highest BCUT2D eigenvalue weighted by Crippen LogP contribution is 2.35. The highest BCUT2D eigenvalue weighted by atomic mass is 79.9. The predicted octanol–water partition coefficient (Wildman–Crippen LogP) is 2.50. The molecule has 5 heteroatoms. The van der Waals surface area contributed by atoms with Crippen LogP contribution in [-0.2, 0) is 6.54 Å². The Kier molecular flexibility index (Phi) is 5.58. The lowest BCUT2D eigenvalue weighted by Gasteiger charge is -2.18. The zero-order valence-corrected chi connectivity index (χ0v) is 12.2. The number of alkyl halides is 1. The van der Waals surface area contributed by atoms with Crippen molar-refractivity contribution in [2.24, 2.45) is 0 Å². The summed E-state index contributed by atoms with van der Waals surface area (Å²) in [4.78, 5) is 2.11. The fraction of sp³-hybridized carbons (Fsp3) is 0.500. The molecule has 0 atom stereocenters. The largest absolute Gasteiger partial charge is 0.496 e. The Hall–Kier alpha value is -0.940. The lowest BCUT2D eigenvalue weighted by Crippen LogP contribution is -2.15. The number of nitrogens with zero attached hydrogens (tertiary/aromatic N) is 1. The van der Waals surface area contributed by atoms with Gasteiger partial charge < -0.3 is 14.2 Å². The lowest BCUT2D eigenvalue weighted by atomic mass is 10.1. The SMILES string of the molecule is COc1cc(OC)c(OC)cc1CN(C)CBr. The van der Waals surface area contributed by atoms with Gasteiger partial charge in [0, 0.05) is 18.2 Å². The Labute approximate surface area is 111 Å². The van der Waals surface area contributed by atoms with Crippen molar-refractivity contribution < 1.29 is 14.2 Å². The maximum absolute atomic E-state index is 5.36. The maximum Gasteiger partial charge on any atom is 0.164 e. The van der Waals surface area contributed by atoms with E-state index in [9.17, 15) is 0 Å². The molecule has 0 aliphatic rings. The Morgan fingerprint density at radius 2 is 1.53 bits per heavy atom. The Balaban J connectivity index is 3.09. The normalized spacial score (nSPS) is 10.5. The average Bonchev–Trinajstić information content (AvgIpc) is 2.37. The second-order valence-corrected chi connectivity index (χ2v) is 4.15. The van der Waals surface area contributed by atoms with Gasteiger partial charge in [-0.2, -0.15) is 0 Å². The van der Waals surface area contributed by atoms with Crippen molar-refractivity contribution in [3.63, 3.8) is 0 Å². The van der Waals surface area contributed by atoms with E-state index in [1.165, 1.54) is 0 Å². The van der Waals surface area contributed by atoms with Gasteiger partial charge in [-0.15, -0.1) is 0 Å². The van der Waals surface area contributed by atoms with Crippen LogP contribution in [0, 0.1) is 0 Å². The molecule has 0 radical (unpaired) electrons. The summed E-state index contributed by atoms with van der Waals surface area (Å²) in [6.07, 6.45) is 0.